The van der Waals surface area contributed by atoms with E-state index >= 15 is 0 Å². The minimum Gasteiger partial charge on any atom is -0.257 e. The van der Waals surface area contributed by atoms with Gasteiger partial charge in [-0.1, -0.05) is 17.8 Å². The Kier molecular flexibility index (Phi) is 2.27. The van der Waals surface area contributed by atoms with Crippen molar-refractivity contribution in [3.8, 4) is 11.5 Å². The third-order valence-electron chi connectivity index (χ3n) is 1.55. The molecule has 1 N–H and O–H groups in total. The second-order valence-corrected chi connectivity index (χ2v) is 3.16. The van der Waals surface area contributed by atoms with Gasteiger partial charge in [0.2, 0.25) is 5.16 Å². The standard InChI is InChI=1S/C8H8N4S/c1-13-8-10-7(11-12-8)6-4-2-3-5-9-6/h2-5H,1H3,(H,10,11,12). The van der Waals surface area contributed by atoms with Gasteiger partial charge in [-0.3, -0.25) is 10.1 Å². The van der Waals surface area contributed by atoms with Gasteiger partial charge in [0.25, 0.3) is 0 Å². The summed E-state index contributed by atoms with van der Waals surface area (Å²) in [6.07, 6.45) is 3.67. The van der Waals surface area contributed by atoms with Crippen LogP contribution in [0.25, 0.3) is 11.5 Å². The van der Waals surface area contributed by atoms with Crippen LogP contribution in [0.15, 0.2) is 29.6 Å². The van der Waals surface area contributed by atoms with Crippen molar-refractivity contribution < 1.29 is 0 Å². The fourth-order valence-electron chi connectivity index (χ4n) is 0.955. The number of nitrogens with zero attached hydrogens (tertiary/aromatic N) is 3. The van der Waals surface area contributed by atoms with Crippen LogP contribution in [-0.2, 0) is 0 Å². The summed E-state index contributed by atoms with van der Waals surface area (Å²) in [6, 6.07) is 5.68. The molecule has 2 aromatic rings. The van der Waals surface area contributed by atoms with Crippen LogP contribution in [0.2, 0.25) is 0 Å². The number of H-pyrrole nitrogens is 1. The normalized spacial score (nSPS) is 10.2. The lowest BCUT2D eigenvalue weighted by Gasteiger charge is -1.91. The molecule has 0 atom stereocenters. The number of aromatic amines is 1. The summed E-state index contributed by atoms with van der Waals surface area (Å²) in [6.45, 7) is 0. The van der Waals surface area contributed by atoms with Crippen LogP contribution in [0.1, 0.15) is 0 Å². The number of aromatic nitrogens is 4. The van der Waals surface area contributed by atoms with Gasteiger partial charge in [-0.2, -0.15) is 4.98 Å². The number of pyridine rings is 1. The molecule has 0 aliphatic rings. The first kappa shape index (κ1) is 8.25. The smallest absolute Gasteiger partial charge is 0.208 e. The molecule has 0 saturated carbocycles. The summed E-state index contributed by atoms with van der Waals surface area (Å²) in [7, 11) is 0. The Bertz CT molecular complexity index is 384. The van der Waals surface area contributed by atoms with Gasteiger partial charge in [-0.15, -0.1) is 5.10 Å². The number of thioether (sulfide) groups is 1. The van der Waals surface area contributed by atoms with E-state index in [0.717, 1.165) is 10.9 Å². The molecule has 0 bridgehead atoms. The van der Waals surface area contributed by atoms with E-state index in [9.17, 15) is 0 Å². The maximum atomic E-state index is 4.23. The third kappa shape index (κ3) is 1.70. The molecule has 0 aliphatic carbocycles. The number of hydrogen-bond acceptors (Lipinski definition) is 4. The zero-order valence-electron chi connectivity index (χ0n) is 7.06. The van der Waals surface area contributed by atoms with Crippen LogP contribution in [0.5, 0.6) is 0 Å². The van der Waals surface area contributed by atoms with Crippen molar-refractivity contribution in [3.63, 3.8) is 0 Å². The fourth-order valence-corrected chi connectivity index (χ4v) is 1.27. The molecule has 0 aromatic carbocycles. The third-order valence-corrected chi connectivity index (χ3v) is 2.10. The molecule has 0 radical (unpaired) electrons. The van der Waals surface area contributed by atoms with E-state index < -0.39 is 0 Å². The summed E-state index contributed by atoms with van der Waals surface area (Å²) < 4.78 is 0. The summed E-state index contributed by atoms with van der Waals surface area (Å²) in [5, 5.41) is 7.56. The Balaban J connectivity index is 2.36. The first-order chi connectivity index (χ1) is 6.40. The van der Waals surface area contributed by atoms with Gasteiger partial charge in [-0.25, -0.2) is 0 Å². The van der Waals surface area contributed by atoms with Crippen molar-refractivity contribution in [3.05, 3.63) is 24.4 Å². The van der Waals surface area contributed by atoms with Crippen molar-refractivity contribution in [2.75, 3.05) is 6.26 Å². The summed E-state index contributed by atoms with van der Waals surface area (Å²) in [5.74, 6) is 0.713. The molecule has 0 fully saturated rings. The van der Waals surface area contributed by atoms with E-state index in [0.29, 0.717) is 5.82 Å². The SMILES string of the molecule is CSc1n[nH]c(-c2ccccn2)n1. The van der Waals surface area contributed by atoms with Gasteiger partial charge in [0, 0.05) is 6.20 Å². The highest BCUT2D eigenvalue weighted by Crippen LogP contribution is 2.14. The van der Waals surface area contributed by atoms with Crippen molar-refractivity contribution in [1.29, 1.82) is 0 Å². The predicted molar refractivity (Wildman–Crippen MR) is 51.4 cm³/mol. The minimum absolute atomic E-state index is 0.713. The number of hydrogen-bond donors (Lipinski definition) is 1. The van der Waals surface area contributed by atoms with Gasteiger partial charge < -0.3 is 0 Å². The quantitative estimate of drug-likeness (QED) is 0.734. The second-order valence-electron chi connectivity index (χ2n) is 2.39. The van der Waals surface area contributed by atoms with Gasteiger partial charge in [-0.05, 0) is 18.4 Å². The lowest BCUT2D eigenvalue weighted by molar-refractivity contribution is 0.976. The highest BCUT2D eigenvalue weighted by molar-refractivity contribution is 7.98. The molecule has 13 heavy (non-hydrogen) atoms. The lowest BCUT2D eigenvalue weighted by atomic mass is 10.3. The first-order valence-corrected chi connectivity index (χ1v) is 5.00. The van der Waals surface area contributed by atoms with Crippen LogP contribution < -0.4 is 0 Å². The highest BCUT2D eigenvalue weighted by Gasteiger charge is 2.03. The first-order valence-electron chi connectivity index (χ1n) is 3.78. The average molecular weight is 192 g/mol. The van der Waals surface area contributed by atoms with E-state index in [1.807, 2.05) is 24.5 Å². The molecular formula is C8H8N4S. The van der Waals surface area contributed by atoms with Crippen LogP contribution >= 0.6 is 11.8 Å². The molecule has 5 heteroatoms. The molecule has 66 valence electrons. The van der Waals surface area contributed by atoms with Gasteiger partial charge in [0.1, 0.15) is 5.69 Å². The zero-order valence-corrected chi connectivity index (χ0v) is 7.88. The molecule has 0 saturated heterocycles. The summed E-state index contributed by atoms with van der Waals surface area (Å²) in [5.41, 5.74) is 0.815. The average Bonchev–Trinajstić information content (AvgIpc) is 2.67. The molecule has 0 aliphatic heterocycles. The van der Waals surface area contributed by atoms with Crippen molar-refractivity contribution in [2.24, 2.45) is 0 Å². The fraction of sp³-hybridized carbons (Fsp3) is 0.125. The minimum atomic E-state index is 0.713. The highest BCUT2D eigenvalue weighted by atomic mass is 32.2. The maximum absolute atomic E-state index is 4.23. The van der Waals surface area contributed by atoms with Crippen LogP contribution in [0.3, 0.4) is 0 Å². The Morgan fingerprint density at radius 3 is 2.92 bits per heavy atom. The maximum Gasteiger partial charge on any atom is 0.208 e. The molecule has 2 aromatic heterocycles. The van der Waals surface area contributed by atoms with Crippen molar-refractivity contribution in [1.82, 2.24) is 20.2 Å². The number of nitrogens with one attached hydrogen (secondary N) is 1. The van der Waals surface area contributed by atoms with Gasteiger partial charge in [0.15, 0.2) is 5.82 Å². The predicted octanol–water partition coefficient (Wildman–Crippen LogP) is 1.59. The zero-order chi connectivity index (χ0) is 9.10. The molecule has 4 nitrogen and oxygen atoms in total. The second kappa shape index (κ2) is 3.57. The Hall–Kier alpha value is -1.36. The van der Waals surface area contributed by atoms with Crippen LogP contribution in [0, 0.1) is 0 Å². The van der Waals surface area contributed by atoms with Crippen LogP contribution in [0.4, 0.5) is 0 Å². The van der Waals surface area contributed by atoms with Crippen LogP contribution in [-0.4, -0.2) is 26.4 Å². The Labute approximate surface area is 79.8 Å². The Morgan fingerprint density at radius 2 is 2.31 bits per heavy atom. The summed E-state index contributed by atoms with van der Waals surface area (Å²) >= 11 is 1.50. The molecule has 2 heterocycles. The van der Waals surface area contributed by atoms with Crippen molar-refractivity contribution >= 4 is 11.8 Å². The lowest BCUT2D eigenvalue weighted by Crippen LogP contribution is -1.83. The topological polar surface area (TPSA) is 54.5 Å². The largest absolute Gasteiger partial charge is 0.257 e. The molecule has 0 unspecified atom stereocenters. The van der Waals surface area contributed by atoms with E-state index in [-0.39, 0.29) is 0 Å². The van der Waals surface area contributed by atoms with E-state index in [2.05, 4.69) is 20.2 Å². The Morgan fingerprint density at radius 1 is 1.38 bits per heavy atom. The summed E-state index contributed by atoms with van der Waals surface area (Å²) in [4.78, 5) is 8.39. The molecular weight excluding hydrogens is 184 g/mol. The van der Waals surface area contributed by atoms with Crippen molar-refractivity contribution in [2.45, 2.75) is 5.16 Å². The molecule has 0 amide bonds. The van der Waals surface area contributed by atoms with E-state index in [4.69, 9.17) is 0 Å². The monoisotopic (exact) mass is 192 g/mol. The molecule has 0 spiro atoms. The number of rotatable bonds is 2. The molecule has 2 rings (SSSR count). The van der Waals surface area contributed by atoms with Gasteiger partial charge >= 0.3 is 0 Å². The van der Waals surface area contributed by atoms with E-state index in [1.54, 1.807) is 6.20 Å². The van der Waals surface area contributed by atoms with Gasteiger partial charge in [0.05, 0.1) is 0 Å². The van der Waals surface area contributed by atoms with E-state index in [1.165, 1.54) is 11.8 Å².